The van der Waals surface area contributed by atoms with Gasteiger partial charge >= 0.3 is 0 Å². The number of rotatable bonds is 6. The highest BCUT2D eigenvalue weighted by Gasteiger charge is 2.19. The van der Waals surface area contributed by atoms with Crippen LogP contribution >= 0.6 is 0 Å². The fourth-order valence-corrected chi connectivity index (χ4v) is 3.72. The normalized spacial score (nSPS) is 10.1. The summed E-state index contributed by atoms with van der Waals surface area (Å²) in [5.74, 6) is 0.808. The Labute approximate surface area is 187 Å². The van der Waals surface area contributed by atoms with Crippen molar-refractivity contribution in [2.24, 2.45) is 0 Å². The summed E-state index contributed by atoms with van der Waals surface area (Å²) in [6.07, 6.45) is 1.65. The maximum atomic E-state index is 9.38. The second-order valence-electron chi connectivity index (χ2n) is 7.11. The van der Waals surface area contributed by atoms with Gasteiger partial charge in [-0.05, 0) is 54.5 Å². The molecule has 0 N–H and O–H groups in total. The standard InChI is InChI=1S/C28H21N3O/c1-2-32-26-15-13-25(14-16-26)31-27(22-9-5-3-6-10-22)18-24(17-21(19-29)20-30)28(31)23-11-7-4-8-12-23/h3-18H,2H2,1H3. The van der Waals surface area contributed by atoms with E-state index >= 15 is 0 Å². The van der Waals surface area contributed by atoms with Crippen LogP contribution in [-0.2, 0) is 0 Å². The summed E-state index contributed by atoms with van der Waals surface area (Å²) in [6.45, 7) is 2.56. The van der Waals surface area contributed by atoms with Crippen LogP contribution in [0.2, 0.25) is 0 Å². The Bertz CT molecular complexity index is 1300. The van der Waals surface area contributed by atoms with Gasteiger partial charge in [0.1, 0.15) is 23.5 Å². The van der Waals surface area contributed by atoms with E-state index in [1.807, 2.05) is 97.9 Å². The summed E-state index contributed by atoms with van der Waals surface area (Å²) in [5, 5.41) is 18.8. The van der Waals surface area contributed by atoms with E-state index in [0.717, 1.165) is 39.5 Å². The van der Waals surface area contributed by atoms with Crippen molar-refractivity contribution in [2.75, 3.05) is 6.61 Å². The number of ether oxygens (including phenoxy) is 1. The number of aromatic nitrogens is 1. The third-order valence-corrected chi connectivity index (χ3v) is 5.09. The lowest BCUT2D eigenvalue weighted by Crippen LogP contribution is -2.00. The van der Waals surface area contributed by atoms with Crippen molar-refractivity contribution in [1.82, 2.24) is 4.57 Å². The minimum absolute atomic E-state index is 0.0608. The van der Waals surface area contributed by atoms with E-state index in [0.29, 0.717) is 6.61 Å². The van der Waals surface area contributed by atoms with Crippen molar-refractivity contribution in [3.8, 4) is 46.1 Å². The first-order chi connectivity index (χ1) is 15.7. The van der Waals surface area contributed by atoms with Gasteiger partial charge in [0, 0.05) is 11.3 Å². The van der Waals surface area contributed by atoms with Crippen molar-refractivity contribution >= 4 is 6.08 Å². The van der Waals surface area contributed by atoms with Crippen molar-refractivity contribution in [3.63, 3.8) is 0 Å². The van der Waals surface area contributed by atoms with E-state index in [2.05, 4.69) is 16.7 Å². The van der Waals surface area contributed by atoms with Crippen LogP contribution in [0.3, 0.4) is 0 Å². The minimum Gasteiger partial charge on any atom is -0.494 e. The molecule has 4 rings (SSSR count). The third-order valence-electron chi connectivity index (χ3n) is 5.09. The van der Waals surface area contributed by atoms with Gasteiger partial charge in [0.2, 0.25) is 0 Å². The Kier molecular flexibility index (Phi) is 6.16. The highest BCUT2D eigenvalue weighted by molar-refractivity contribution is 5.83. The zero-order chi connectivity index (χ0) is 22.3. The largest absolute Gasteiger partial charge is 0.494 e. The summed E-state index contributed by atoms with van der Waals surface area (Å²) < 4.78 is 7.79. The molecule has 4 heteroatoms. The number of hydrogen-bond acceptors (Lipinski definition) is 3. The average Bonchev–Trinajstić information content (AvgIpc) is 3.23. The number of benzene rings is 3. The lowest BCUT2D eigenvalue weighted by atomic mass is 10.1. The Morgan fingerprint density at radius 2 is 1.44 bits per heavy atom. The van der Waals surface area contributed by atoms with Gasteiger partial charge in [0.25, 0.3) is 0 Å². The van der Waals surface area contributed by atoms with Gasteiger partial charge in [-0.2, -0.15) is 10.5 Å². The molecule has 4 nitrogen and oxygen atoms in total. The van der Waals surface area contributed by atoms with Crippen LogP contribution in [0.15, 0.2) is 96.6 Å². The Morgan fingerprint density at radius 3 is 2.00 bits per heavy atom. The van der Waals surface area contributed by atoms with Gasteiger partial charge in [-0.3, -0.25) is 0 Å². The molecule has 0 spiro atoms. The predicted octanol–water partition coefficient (Wildman–Crippen LogP) is 6.64. The SMILES string of the molecule is CCOc1ccc(-n2c(-c3ccccc3)cc(C=C(C#N)C#N)c2-c2ccccc2)cc1. The van der Waals surface area contributed by atoms with Crippen LogP contribution in [0, 0.1) is 22.7 Å². The number of allylic oxidation sites excluding steroid dienone is 1. The highest BCUT2D eigenvalue weighted by atomic mass is 16.5. The zero-order valence-corrected chi connectivity index (χ0v) is 17.7. The van der Waals surface area contributed by atoms with Crippen LogP contribution in [0.5, 0.6) is 5.75 Å². The second-order valence-corrected chi connectivity index (χ2v) is 7.11. The van der Waals surface area contributed by atoms with Gasteiger partial charge in [-0.1, -0.05) is 60.7 Å². The molecule has 0 bridgehead atoms. The van der Waals surface area contributed by atoms with Gasteiger partial charge in [0.05, 0.1) is 18.0 Å². The van der Waals surface area contributed by atoms with Crippen LogP contribution in [0.4, 0.5) is 0 Å². The quantitative estimate of drug-likeness (QED) is 0.332. The van der Waals surface area contributed by atoms with Gasteiger partial charge < -0.3 is 9.30 Å². The van der Waals surface area contributed by atoms with E-state index < -0.39 is 0 Å². The number of nitrogens with zero attached hydrogens (tertiary/aromatic N) is 3. The summed E-state index contributed by atoms with van der Waals surface area (Å²) in [4.78, 5) is 0. The summed E-state index contributed by atoms with van der Waals surface area (Å²) >= 11 is 0. The molecule has 0 amide bonds. The van der Waals surface area contributed by atoms with Crippen molar-refractivity contribution in [2.45, 2.75) is 6.92 Å². The molecule has 0 saturated carbocycles. The average molecular weight is 415 g/mol. The summed E-state index contributed by atoms with van der Waals surface area (Å²) in [7, 11) is 0. The molecule has 0 aliphatic rings. The Balaban J connectivity index is 2.05. The molecule has 154 valence electrons. The second kappa shape index (κ2) is 9.51. The van der Waals surface area contributed by atoms with Crippen molar-refractivity contribution < 1.29 is 4.74 Å². The minimum atomic E-state index is 0.0608. The van der Waals surface area contributed by atoms with Gasteiger partial charge in [-0.25, -0.2) is 0 Å². The van der Waals surface area contributed by atoms with E-state index in [4.69, 9.17) is 4.74 Å². The topological polar surface area (TPSA) is 61.7 Å². The third kappa shape index (κ3) is 4.17. The summed E-state index contributed by atoms with van der Waals surface area (Å²) in [6, 6.07) is 34.0. The molecular weight excluding hydrogens is 394 g/mol. The Morgan fingerprint density at radius 1 is 0.844 bits per heavy atom. The lowest BCUT2D eigenvalue weighted by molar-refractivity contribution is 0.340. The lowest BCUT2D eigenvalue weighted by Gasteiger charge is -2.15. The molecule has 0 aliphatic heterocycles. The fourth-order valence-electron chi connectivity index (χ4n) is 3.72. The Hall–Kier alpha value is -4.54. The van der Waals surface area contributed by atoms with Gasteiger partial charge in [0.15, 0.2) is 0 Å². The van der Waals surface area contributed by atoms with E-state index in [1.165, 1.54) is 0 Å². The molecule has 0 radical (unpaired) electrons. The molecule has 1 heterocycles. The van der Waals surface area contributed by atoms with Crippen molar-refractivity contribution in [3.05, 3.63) is 102 Å². The molecule has 0 unspecified atom stereocenters. The van der Waals surface area contributed by atoms with Crippen molar-refractivity contribution in [1.29, 1.82) is 10.5 Å². The van der Waals surface area contributed by atoms with E-state index in [1.54, 1.807) is 6.08 Å². The molecule has 0 saturated heterocycles. The van der Waals surface area contributed by atoms with Crippen LogP contribution in [0.25, 0.3) is 34.3 Å². The highest BCUT2D eigenvalue weighted by Crippen LogP contribution is 2.37. The van der Waals surface area contributed by atoms with Crippen LogP contribution in [0.1, 0.15) is 12.5 Å². The molecule has 1 aromatic heterocycles. The first-order valence-corrected chi connectivity index (χ1v) is 10.4. The van der Waals surface area contributed by atoms with Crippen LogP contribution < -0.4 is 4.74 Å². The van der Waals surface area contributed by atoms with Crippen LogP contribution in [-0.4, -0.2) is 11.2 Å². The van der Waals surface area contributed by atoms with E-state index in [-0.39, 0.29) is 5.57 Å². The molecule has 3 aromatic carbocycles. The first kappa shape index (κ1) is 20.7. The number of hydrogen-bond donors (Lipinski definition) is 0. The maximum absolute atomic E-state index is 9.38. The summed E-state index contributed by atoms with van der Waals surface area (Å²) in [5.41, 5.74) is 5.74. The molecule has 0 atom stereocenters. The zero-order valence-electron chi connectivity index (χ0n) is 17.7. The predicted molar refractivity (Wildman–Crippen MR) is 127 cm³/mol. The smallest absolute Gasteiger partial charge is 0.130 e. The maximum Gasteiger partial charge on any atom is 0.130 e. The molecule has 32 heavy (non-hydrogen) atoms. The molecule has 4 aromatic rings. The first-order valence-electron chi connectivity index (χ1n) is 10.4. The molecule has 0 fully saturated rings. The monoisotopic (exact) mass is 415 g/mol. The fraction of sp³-hybridized carbons (Fsp3) is 0.0714. The molecule has 0 aliphatic carbocycles. The number of nitriles is 2. The molecular formula is C28H21N3O. The van der Waals surface area contributed by atoms with E-state index in [9.17, 15) is 10.5 Å². The van der Waals surface area contributed by atoms with Gasteiger partial charge in [-0.15, -0.1) is 0 Å².